The van der Waals surface area contributed by atoms with Crippen molar-refractivity contribution in [1.82, 2.24) is 9.97 Å². The quantitative estimate of drug-likeness (QED) is 0.342. The Kier molecular flexibility index (Phi) is 5.73. The Labute approximate surface area is 184 Å². The summed E-state index contributed by atoms with van der Waals surface area (Å²) in [6.45, 7) is 0. The lowest BCUT2D eigenvalue weighted by atomic mass is 9.85. The van der Waals surface area contributed by atoms with Gasteiger partial charge in [0, 0.05) is 41.4 Å². The molecule has 0 spiro atoms. The normalized spacial score (nSPS) is 13.3. The third-order valence-electron chi connectivity index (χ3n) is 5.34. The molecule has 33 heavy (non-hydrogen) atoms. The van der Waals surface area contributed by atoms with Gasteiger partial charge < -0.3 is 5.11 Å². The minimum atomic E-state index is -4.58. The number of alkyl halides is 6. The van der Waals surface area contributed by atoms with E-state index in [9.17, 15) is 31.4 Å². The first-order valence-electron chi connectivity index (χ1n) is 9.80. The van der Waals surface area contributed by atoms with Gasteiger partial charge in [0.15, 0.2) is 0 Å². The molecule has 2 aromatic carbocycles. The van der Waals surface area contributed by atoms with Gasteiger partial charge >= 0.3 is 12.4 Å². The molecule has 1 N–H and O–H groups in total. The Morgan fingerprint density at radius 3 is 2.21 bits per heavy atom. The number of aromatic hydroxyl groups is 1. The van der Waals surface area contributed by atoms with Crippen molar-refractivity contribution in [3.05, 3.63) is 101 Å². The molecule has 0 fully saturated rings. The molecule has 3 nitrogen and oxygen atoms in total. The van der Waals surface area contributed by atoms with Crippen molar-refractivity contribution < 1.29 is 31.4 Å². The molecule has 0 aliphatic rings. The van der Waals surface area contributed by atoms with Crippen LogP contribution in [0.5, 0.6) is 5.75 Å². The predicted octanol–water partition coefficient (Wildman–Crippen LogP) is 6.75. The van der Waals surface area contributed by atoms with Crippen molar-refractivity contribution in [2.45, 2.75) is 24.7 Å². The number of aromatic nitrogens is 2. The molecule has 0 saturated carbocycles. The highest BCUT2D eigenvalue weighted by molar-refractivity contribution is 5.85. The van der Waals surface area contributed by atoms with E-state index in [0.717, 1.165) is 18.2 Å². The summed E-state index contributed by atoms with van der Waals surface area (Å²) < 4.78 is 78.6. The molecule has 0 bridgehead atoms. The third kappa shape index (κ3) is 4.76. The van der Waals surface area contributed by atoms with Crippen LogP contribution in [0, 0.1) is 0 Å². The van der Waals surface area contributed by atoms with Crippen LogP contribution in [0.1, 0.15) is 33.9 Å². The molecule has 1 atom stereocenters. The lowest BCUT2D eigenvalue weighted by molar-refractivity contribution is -0.138. The number of nitrogens with zero attached hydrogens (tertiary/aromatic N) is 2. The van der Waals surface area contributed by atoms with Gasteiger partial charge in [-0.15, -0.1) is 0 Å². The average molecular weight is 462 g/mol. The highest BCUT2D eigenvalue weighted by atomic mass is 19.4. The summed E-state index contributed by atoms with van der Waals surface area (Å²) in [6.07, 6.45) is -7.03. The molecule has 2 aromatic heterocycles. The molecule has 0 aliphatic carbocycles. The first kappa shape index (κ1) is 22.6. The lowest BCUT2D eigenvalue weighted by Gasteiger charge is -2.21. The van der Waals surface area contributed by atoms with E-state index in [4.69, 9.17) is 0 Å². The predicted molar refractivity (Wildman–Crippen MR) is 110 cm³/mol. The highest BCUT2D eigenvalue weighted by Gasteiger charge is 2.33. The largest absolute Gasteiger partial charge is 0.505 e. The molecule has 0 saturated heterocycles. The number of phenols is 1. The Morgan fingerprint density at radius 2 is 1.55 bits per heavy atom. The molecular weight excluding hydrogens is 446 g/mol. The number of hydrogen-bond acceptors (Lipinski definition) is 3. The maximum atomic E-state index is 13.3. The molecule has 9 heteroatoms. The van der Waals surface area contributed by atoms with Crippen LogP contribution in [-0.2, 0) is 18.8 Å². The maximum Gasteiger partial charge on any atom is 0.417 e. The van der Waals surface area contributed by atoms with Crippen LogP contribution in [0.4, 0.5) is 26.3 Å². The topological polar surface area (TPSA) is 46.0 Å². The van der Waals surface area contributed by atoms with Gasteiger partial charge in [0.1, 0.15) is 11.3 Å². The average Bonchev–Trinajstić information content (AvgIpc) is 2.77. The zero-order valence-corrected chi connectivity index (χ0v) is 16.8. The van der Waals surface area contributed by atoms with E-state index in [1.54, 1.807) is 24.3 Å². The number of rotatable bonds is 4. The first-order chi connectivity index (χ1) is 15.5. The van der Waals surface area contributed by atoms with Gasteiger partial charge in [0.25, 0.3) is 0 Å². The minimum absolute atomic E-state index is 0.0364. The summed E-state index contributed by atoms with van der Waals surface area (Å²) in [6, 6.07) is 13.3. The van der Waals surface area contributed by atoms with E-state index < -0.39 is 29.4 Å². The fourth-order valence-electron chi connectivity index (χ4n) is 3.69. The molecule has 2 heterocycles. The summed E-state index contributed by atoms with van der Waals surface area (Å²) in [5.41, 5.74) is -0.777. The summed E-state index contributed by atoms with van der Waals surface area (Å²) in [7, 11) is 0. The van der Waals surface area contributed by atoms with Gasteiger partial charge in [0.2, 0.25) is 0 Å². The third-order valence-corrected chi connectivity index (χ3v) is 5.34. The number of halogens is 6. The van der Waals surface area contributed by atoms with Crippen molar-refractivity contribution in [2.75, 3.05) is 0 Å². The highest BCUT2D eigenvalue weighted by Crippen LogP contribution is 2.39. The van der Waals surface area contributed by atoms with Crippen LogP contribution in [0.2, 0.25) is 0 Å². The Hall–Kier alpha value is -3.62. The second kappa shape index (κ2) is 8.38. The Bertz CT molecular complexity index is 1280. The van der Waals surface area contributed by atoms with Crippen LogP contribution in [0.25, 0.3) is 10.9 Å². The van der Waals surface area contributed by atoms with E-state index in [1.165, 1.54) is 24.4 Å². The summed E-state index contributed by atoms with van der Waals surface area (Å²) in [4.78, 5) is 8.01. The van der Waals surface area contributed by atoms with Crippen molar-refractivity contribution in [3.8, 4) is 5.75 Å². The molecular formula is C24H16F6N2O. The summed E-state index contributed by atoms with van der Waals surface area (Å²) in [5.74, 6) is -1.02. The monoisotopic (exact) mass is 462 g/mol. The SMILES string of the molecule is Oc1c(C(Cc2ccc(C(F)(F)F)cn2)c2cccc(C(F)(F)F)c2)ccc2cccnc12. The van der Waals surface area contributed by atoms with Crippen LogP contribution in [-0.4, -0.2) is 15.1 Å². The first-order valence-corrected chi connectivity index (χ1v) is 9.80. The number of hydrogen-bond donors (Lipinski definition) is 1. The van der Waals surface area contributed by atoms with Gasteiger partial charge in [0.05, 0.1) is 11.1 Å². The van der Waals surface area contributed by atoms with Crippen molar-refractivity contribution in [2.24, 2.45) is 0 Å². The van der Waals surface area contributed by atoms with Crippen molar-refractivity contribution in [1.29, 1.82) is 0 Å². The van der Waals surface area contributed by atoms with Gasteiger partial charge in [-0.05, 0) is 29.8 Å². The van der Waals surface area contributed by atoms with E-state index in [-0.39, 0.29) is 28.9 Å². The fraction of sp³-hybridized carbons (Fsp3) is 0.167. The molecule has 1 unspecified atom stereocenters. The Morgan fingerprint density at radius 1 is 0.788 bits per heavy atom. The van der Waals surface area contributed by atoms with Gasteiger partial charge in [-0.25, -0.2) is 0 Å². The molecule has 0 aliphatic heterocycles. The van der Waals surface area contributed by atoms with E-state index >= 15 is 0 Å². The van der Waals surface area contributed by atoms with Crippen LogP contribution < -0.4 is 0 Å². The lowest BCUT2D eigenvalue weighted by Crippen LogP contribution is -2.11. The maximum absolute atomic E-state index is 13.3. The molecule has 4 aromatic rings. The number of fused-ring (bicyclic) bond motifs is 1. The second-order valence-corrected chi connectivity index (χ2v) is 7.49. The van der Waals surface area contributed by atoms with E-state index in [0.29, 0.717) is 17.1 Å². The molecule has 0 amide bonds. The summed E-state index contributed by atoms with van der Waals surface area (Å²) in [5, 5.41) is 11.5. The number of pyridine rings is 2. The van der Waals surface area contributed by atoms with Crippen molar-refractivity contribution >= 4 is 10.9 Å². The second-order valence-electron chi connectivity index (χ2n) is 7.49. The minimum Gasteiger partial charge on any atom is -0.505 e. The van der Waals surface area contributed by atoms with Gasteiger partial charge in [-0.2, -0.15) is 26.3 Å². The standard InChI is InChI=1S/C24H16F6N2O/c25-23(26,27)16-5-1-3-15(11-16)20(12-18-8-7-17(13-32-18)24(28,29)30)19-9-6-14-4-2-10-31-21(14)22(19)33/h1-11,13,20,33H,12H2. The van der Waals surface area contributed by atoms with Gasteiger partial charge in [-0.3, -0.25) is 9.97 Å². The van der Waals surface area contributed by atoms with Crippen LogP contribution >= 0.6 is 0 Å². The molecule has 170 valence electrons. The summed E-state index contributed by atoms with van der Waals surface area (Å²) >= 11 is 0. The van der Waals surface area contributed by atoms with Crippen LogP contribution in [0.3, 0.4) is 0 Å². The number of phenolic OH excluding ortho intramolecular Hbond substituents is 1. The van der Waals surface area contributed by atoms with Crippen LogP contribution in [0.15, 0.2) is 73.1 Å². The fourth-order valence-corrected chi connectivity index (χ4v) is 3.69. The van der Waals surface area contributed by atoms with Crippen molar-refractivity contribution in [3.63, 3.8) is 0 Å². The zero-order chi connectivity index (χ0) is 23.8. The van der Waals surface area contributed by atoms with E-state index in [2.05, 4.69) is 9.97 Å². The Balaban J connectivity index is 1.82. The van der Waals surface area contributed by atoms with E-state index in [1.807, 2.05) is 0 Å². The number of benzene rings is 2. The molecule has 0 radical (unpaired) electrons. The van der Waals surface area contributed by atoms with Gasteiger partial charge in [-0.1, -0.05) is 36.4 Å². The molecule has 4 rings (SSSR count). The zero-order valence-electron chi connectivity index (χ0n) is 16.8. The smallest absolute Gasteiger partial charge is 0.417 e.